The molecule has 4 aromatic carbocycles. The SMILES string of the molecule is COC(=O)NCC(=O)N1CCC[C@H]1C(=O)Nc1ccc2c3ccc(NC(=O)[C@@H]4CCCN4C(=O)[C@H](NC(=O)OC)c4ccccc4)cc3n(Cc3cccc(C(F)(F)F)c3)c2c1. The summed E-state index contributed by atoms with van der Waals surface area (Å²) in [6, 6.07) is 21.1. The van der Waals surface area contributed by atoms with Crippen LogP contribution in [0.1, 0.15) is 48.4 Å². The minimum atomic E-state index is -4.58. The standard InChI is InChI=1S/C44H44F3N7O8/c1-61-42(59)48-24-37(55)52-19-7-13-33(52)39(56)49-29-15-17-31-32-18-16-30(23-36(32)54(35(31)22-29)25-26-9-6-12-28(21-26)44(45,46)47)50-40(57)34-14-8-20-53(34)41(58)38(51-43(60)62-2)27-10-4-3-5-11-27/h3-6,9-12,15-18,21-23,33-34,38H,7-8,13-14,19-20,24-25H2,1-2H3,(H,48,59)(H,49,56)(H,50,57)(H,51,60)/t33-,34-,38+/m0/s1. The summed E-state index contributed by atoms with van der Waals surface area (Å²) in [4.78, 5) is 81.1. The van der Waals surface area contributed by atoms with Gasteiger partial charge in [-0.25, -0.2) is 9.59 Å². The normalized spacial score (nSPS) is 16.8. The van der Waals surface area contributed by atoms with E-state index in [1.54, 1.807) is 77.4 Å². The molecule has 0 spiro atoms. The number of fused-ring (bicyclic) bond motifs is 3. The number of anilines is 2. The highest BCUT2D eigenvalue weighted by Crippen LogP contribution is 2.36. The number of hydrogen-bond donors (Lipinski definition) is 4. The van der Waals surface area contributed by atoms with Gasteiger partial charge >= 0.3 is 18.4 Å². The minimum Gasteiger partial charge on any atom is -0.453 e. The van der Waals surface area contributed by atoms with E-state index in [1.807, 2.05) is 0 Å². The smallest absolute Gasteiger partial charge is 0.416 e. The van der Waals surface area contributed by atoms with Crippen molar-refractivity contribution in [3.05, 3.63) is 108 Å². The maximum atomic E-state index is 14.0. The van der Waals surface area contributed by atoms with Gasteiger partial charge in [0.2, 0.25) is 17.7 Å². The van der Waals surface area contributed by atoms with Crippen LogP contribution >= 0.6 is 0 Å². The van der Waals surface area contributed by atoms with Gasteiger partial charge < -0.3 is 45.1 Å². The van der Waals surface area contributed by atoms with E-state index in [1.165, 1.54) is 30.1 Å². The number of carbonyl (C=O) groups is 6. The van der Waals surface area contributed by atoms with Crippen molar-refractivity contribution in [1.29, 1.82) is 0 Å². The lowest BCUT2D eigenvalue weighted by Gasteiger charge is -2.28. The Hall–Kier alpha value is -7.11. The van der Waals surface area contributed by atoms with Gasteiger partial charge in [-0.05, 0) is 73.2 Å². The van der Waals surface area contributed by atoms with Crippen LogP contribution in [0.5, 0.6) is 0 Å². The number of rotatable bonds is 11. The summed E-state index contributed by atoms with van der Waals surface area (Å²) in [5, 5.41) is 12.2. The molecule has 0 bridgehead atoms. The molecule has 18 heteroatoms. The van der Waals surface area contributed by atoms with E-state index in [0.717, 1.165) is 12.1 Å². The molecule has 62 heavy (non-hydrogen) atoms. The fourth-order valence-corrected chi connectivity index (χ4v) is 8.14. The summed E-state index contributed by atoms with van der Waals surface area (Å²) in [5.74, 6) is -1.85. The molecular formula is C44H44F3N7O8. The van der Waals surface area contributed by atoms with E-state index >= 15 is 0 Å². The molecule has 5 aromatic rings. The Morgan fingerprint density at radius 2 is 1.29 bits per heavy atom. The van der Waals surface area contributed by atoms with Gasteiger partial charge in [0.1, 0.15) is 24.7 Å². The lowest BCUT2D eigenvalue weighted by Crippen LogP contribution is -2.48. The Kier molecular flexibility index (Phi) is 12.7. The van der Waals surface area contributed by atoms with E-state index < -0.39 is 65.7 Å². The average Bonchev–Trinajstić information content (AvgIpc) is 4.03. The topological polar surface area (TPSA) is 180 Å². The van der Waals surface area contributed by atoms with Crippen LogP contribution in [0.4, 0.5) is 34.1 Å². The Morgan fingerprint density at radius 3 is 1.87 bits per heavy atom. The number of amides is 6. The third kappa shape index (κ3) is 9.28. The number of nitrogens with one attached hydrogen (secondary N) is 4. The van der Waals surface area contributed by atoms with Gasteiger partial charge in [0.25, 0.3) is 5.91 Å². The summed E-state index contributed by atoms with van der Waals surface area (Å²) in [5.41, 5.74) is 1.91. The lowest BCUT2D eigenvalue weighted by molar-refractivity contribution is -0.138. The van der Waals surface area contributed by atoms with Crippen molar-refractivity contribution in [3.8, 4) is 0 Å². The molecule has 6 amide bonds. The predicted molar refractivity (Wildman–Crippen MR) is 222 cm³/mol. The number of aromatic nitrogens is 1. The molecule has 3 atom stereocenters. The molecule has 7 rings (SSSR count). The van der Waals surface area contributed by atoms with Gasteiger partial charge in [-0.2, -0.15) is 13.2 Å². The zero-order chi connectivity index (χ0) is 44.1. The second kappa shape index (κ2) is 18.2. The van der Waals surface area contributed by atoms with Gasteiger partial charge in [0.05, 0.1) is 30.8 Å². The Labute approximate surface area is 353 Å². The fourth-order valence-electron chi connectivity index (χ4n) is 8.14. The van der Waals surface area contributed by atoms with Crippen LogP contribution in [0.15, 0.2) is 91.0 Å². The highest BCUT2D eigenvalue weighted by Gasteiger charge is 2.39. The number of alkyl carbamates (subject to hydrolysis) is 2. The molecule has 2 saturated heterocycles. The second-order valence-electron chi connectivity index (χ2n) is 15.0. The van der Waals surface area contributed by atoms with Crippen molar-refractivity contribution < 1.29 is 51.4 Å². The molecule has 2 aliphatic rings. The first-order valence-electron chi connectivity index (χ1n) is 19.9. The zero-order valence-electron chi connectivity index (χ0n) is 33.8. The molecule has 3 heterocycles. The largest absolute Gasteiger partial charge is 0.453 e. The van der Waals surface area contributed by atoms with Gasteiger partial charge in [-0.1, -0.05) is 54.6 Å². The van der Waals surface area contributed by atoms with Crippen molar-refractivity contribution in [2.24, 2.45) is 0 Å². The van der Waals surface area contributed by atoms with Crippen LogP contribution in [0.3, 0.4) is 0 Å². The number of alkyl halides is 3. The molecule has 2 fully saturated rings. The van der Waals surface area contributed by atoms with Crippen molar-refractivity contribution in [1.82, 2.24) is 25.0 Å². The average molecular weight is 856 g/mol. The van der Waals surface area contributed by atoms with Crippen molar-refractivity contribution in [2.75, 3.05) is 44.5 Å². The van der Waals surface area contributed by atoms with Crippen LogP contribution < -0.4 is 21.3 Å². The summed E-state index contributed by atoms with van der Waals surface area (Å²) >= 11 is 0. The Bertz CT molecular complexity index is 2530. The van der Waals surface area contributed by atoms with E-state index in [9.17, 15) is 41.9 Å². The van der Waals surface area contributed by atoms with E-state index in [-0.39, 0.29) is 19.6 Å². The maximum Gasteiger partial charge on any atom is 0.416 e. The monoisotopic (exact) mass is 855 g/mol. The van der Waals surface area contributed by atoms with E-state index in [0.29, 0.717) is 76.5 Å². The molecule has 15 nitrogen and oxygen atoms in total. The number of nitrogens with zero attached hydrogens (tertiary/aromatic N) is 3. The summed E-state index contributed by atoms with van der Waals surface area (Å²) in [7, 11) is 2.36. The highest BCUT2D eigenvalue weighted by molar-refractivity contribution is 6.11. The quantitative estimate of drug-likeness (QED) is 0.122. The lowest BCUT2D eigenvalue weighted by atomic mass is 10.0. The molecule has 4 N–H and O–H groups in total. The van der Waals surface area contributed by atoms with Crippen LogP contribution in [-0.2, 0) is 41.4 Å². The second-order valence-corrected chi connectivity index (χ2v) is 15.0. The molecule has 1 aromatic heterocycles. The molecule has 2 aliphatic heterocycles. The first-order valence-corrected chi connectivity index (χ1v) is 19.9. The van der Waals surface area contributed by atoms with Gasteiger partial charge in [-0.3, -0.25) is 19.2 Å². The van der Waals surface area contributed by atoms with Crippen molar-refractivity contribution in [2.45, 2.75) is 56.5 Å². The molecule has 0 aliphatic carbocycles. The van der Waals surface area contributed by atoms with Crippen molar-refractivity contribution >= 4 is 69.0 Å². The first kappa shape index (κ1) is 43.0. The number of likely N-dealkylation sites (tertiary alicyclic amines) is 2. The molecule has 0 unspecified atom stereocenters. The predicted octanol–water partition coefficient (Wildman–Crippen LogP) is 6.17. The Balaban J connectivity index is 1.18. The zero-order valence-corrected chi connectivity index (χ0v) is 33.8. The van der Waals surface area contributed by atoms with Crippen LogP contribution in [-0.4, -0.2) is 96.1 Å². The number of benzene rings is 4. The van der Waals surface area contributed by atoms with Crippen LogP contribution in [0, 0.1) is 0 Å². The minimum absolute atomic E-state index is 0.0181. The number of halogens is 3. The summed E-state index contributed by atoms with van der Waals surface area (Å²) < 4.78 is 52.6. The highest BCUT2D eigenvalue weighted by atomic mass is 19.4. The van der Waals surface area contributed by atoms with E-state index in [2.05, 4.69) is 26.0 Å². The van der Waals surface area contributed by atoms with E-state index in [4.69, 9.17) is 4.74 Å². The van der Waals surface area contributed by atoms with Crippen molar-refractivity contribution in [3.63, 3.8) is 0 Å². The maximum absolute atomic E-state index is 14.0. The molecule has 0 radical (unpaired) electrons. The number of hydrogen-bond acceptors (Lipinski definition) is 8. The molecular weight excluding hydrogens is 812 g/mol. The molecule has 324 valence electrons. The first-order chi connectivity index (χ1) is 29.7. The summed E-state index contributed by atoms with van der Waals surface area (Å²) in [6.07, 6.45) is -4.31. The fraction of sp³-hybridized carbons (Fsp3) is 0.318. The number of ether oxygens (including phenoxy) is 2. The van der Waals surface area contributed by atoms with Gasteiger partial charge in [-0.15, -0.1) is 0 Å². The third-order valence-electron chi connectivity index (χ3n) is 11.1. The number of carbonyl (C=O) groups excluding carboxylic acids is 6. The van der Waals surface area contributed by atoms with Crippen LogP contribution in [0.25, 0.3) is 21.8 Å². The number of methoxy groups -OCH3 is 2. The van der Waals surface area contributed by atoms with Gasteiger partial charge in [0, 0.05) is 41.8 Å². The summed E-state index contributed by atoms with van der Waals surface area (Å²) in [6.45, 7) is 0.226. The third-order valence-corrected chi connectivity index (χ3v) is 11.1. The Morgan fingerprint density at radius 1 is 0.710 bits per heavy atom. The molecule has 0 saturated carbocycles. The van der Waals surface area contributed by atoms with Gasteiger partial charge in [0.15, 0.2) is 0 Å². The van der Waals surface area contributed by atoms with Crippen LogP contribution in [0.2, 0.25) is 0 Å².